The Balaban J connectivity index is 2.09. The van der Waals surface area contributed by atoms with E-state index in [1.807, 2.05) is 36.4 Å². The molecule has 2 aromatic rings. The first kappa shape index (κ1) is 15.1. The molecular weight excluding hydrogens is 388 g/mol. The second-order valence-corrected chi connectivity index (χ2v) is 5.81. The third-order valence-electron chi connectivity index (χ3n) is 2.65. The van der Waals surface area contributed by atoms with Crippen molar-refractivity contribution in [1.82, 2.24) is 0 Å². The molecule has 0 aliphatic rings. The molecule has 0 spiro atoms. The van der Waals surface area contributed by atoms with Crippen LogP contribution in [0.3, 0.4) is 0 Å². The second kappa shape index (κ2) is 6.90. The van der Waals surface area contributed by atoms with Gasteiger partial charge in [-0.15, -0.1) is 0 Å². The Morgan fingerprint density at radius 1 is 1.10 bits per heavy atom. The molecule has 0 fully saturated rings. The standard InChI is InChI=1S/C15H12Br2O3/c1-19-13-5-3-2-4-10(13)8-15(18)20-14-7-6-11(16)9-12(14)17/h2-7,9H,8H2,1H3. The van der Waals surface area contributed by atoms with Gasteiger partial charge in [-0.05, 0) is 40.2 Å². The Kier molecular flexibility index (Phi) is 5.20. The van der Waals surface area contributed by atoms with Crippen molar-refractivity contribution in [1.29, 1.82) is 0 Å². The Hall–Kier alpha value is -1.33. The number of carbonyl (C=O) groups excluding carboxylic acids is 1. The quantitative estimate of drug-likeness (QED) is 0.565. The molecule has 5 heteroatoms. The number of carbonyl (C=O) groups is 1. The summed E-state index contributed by atoms with van der Waals surface area (Å²) < 4.78 is 12.2. The van der Waals surface area contributed by atoms with Crippen molar-refractivity contribution in [3.8, 4) is 11.5 Å². The summed E-state index contributed by atoms with van der Waals surface area (Å²) in [6.07, 6.45) is 0.159. The molecule has 104 valence electrons. The van der Waals surface area contributed by atoms with Gasteiger partial charge < -0.3 is 9.47 Å². The lowest BCUT2D eigenvalue weighted by Crippen LogP contribution is -2.12. The molecule has 20 heavy (non-hydrogen) atoms. The van der Waals surface area contributed by atoms with Crippen molar-refractivity contribution >= 4 is 37.8 Å². The average molecular weight is 400 g/mol. The van der Waals surface area contributed by atoms with Gasteiger partial charge in [0.2, 0.25) is 0 Å². The number of hydrogen-bond donors (Lipinski definition) is 0. The van der Waals surface area contributed by atoms with Gasteiger partial charge in [-0.3, -0.25) is 4.79 Å². The zero-order valence-corrected chi connectivity index (χ0v) is 13.9. The summed E-state index contributed by atoms with van der Waals surface area (Å²) in [5.74, 6) is 0.838. The predicted molar refractivity (Wildman–Crippen MR) is 84.2 cm³/mol. The summed E-state index contributed by atoms with van der Waals surface area (Å²) in [7, 11) is 1.58. The minimum atomic E-state index is -0.336. The first-order valence-corrected chi connectivity index (χ1v) is 7.46. The minimum Gasteiger partial charge on any atom is -0.496 e. The number of benzene rings is 2. The van der Waals surface area contributed by atoms with Crippen molar-refractivity contribution < 1.29 is 14.3 Å². The Labute approximate surface area is 134 Å². The lowest BCUT2D eigenvalue weighted by molar-refractivity contribution is -0.133. The van der Waals surface area contributed by atoms with Gasteiger partial charge >= 0.3 is 5.97 Å². The molecule has 0 atom stereocenters. The first-order chi connectivity index (χ1) is 9.60. The molecule has 2 rings (SSSR count). The molecule has 0 amide bonds. The molecule has 3 nitrogen and oxygen atoms in total. The molecule has 0 aromatic heterocycles. The predicted octanol–water partition coefficient (Wildman–Crippen LogP) is 4.37. The Bertz CT molecular complexity index is 626. The molecular formula is C15H12Br2O3. The van der Waals surface area contributed by atoms with Crippen molar-refractivity contribution in [2.75, 3.05) is 7.11 Å². The molecule has 0 bridgehead atoms. The highest BCUT2D eigenvalue weighted by Crippen LogP contribution is 2.28. The molecule has 0 aliphatic carbocycles. The third kappa shape index (κ3) is 3.84. The van der Waals surface area contributed by atoms with Crippen LogP contribution in [0.4, 0.5) is 0 Å². The van der Waals surface area contributed by atoms with Crippen LogP contribution in [0.25, 0.3) is 0 Å². The van der Waals surface area contributed by atoms with Crippen LogP contribution < -0.4 is 9.47 Å². The largest absolute Gasteiger partial charge is 0.496 e. The maximum Gasteiger partial charge on any atom is 0.315 e. The van der Waals surface area contributed by atoms with Crippen LogP contribution in [0.15, 0.2) is 51.4 Å². The number of rotatable bonds is 4. The number of para-hydroxylation sites is 1. The zero-order chi connectivity index (χ0) is 14.5. The summed E-state index contributed by atoms with van der Waals surface area (Å²) >= 11 is 6.71. The van der Waals surface area contributed by atoms with E-state index >= 15 is 0 Å². The molecule has 0 unspecified atom stereocenters. The van der Waals surface area contributed by atoms with E-state index < -0.39 is 0 Å². The highest BCUT2D eigenvalue weighted by molar-refractivity contribution is 9.11. The zero-order valence-electron chi connectivity index (χ0n) is 10.7. The SMILES string of the molecule is COc1ccccc1CC(=O)Oc1ccc(Br)cc1Br. The van der Waals surface area contributed by atoms with Gasteiger partial charge in [0.15, 0.2) is 0 Å². The molecule has 0 aliphatic heterocycles. The summed E-state index contributed by atoms with van der Waals surface area (Å²) in [5.41, 5.74) is 0.799. The van der Waals surface area contributed by atoms with Crippen LogP contribution in [0, 0.1) is 0 Å². The van der Waals surface area contributed by atoms with E-state index in [1.54, 1.807) is 13.2 Å². The van der Waals surface area contributed by atoms with Gasteiger partial charge in [-0.25, -0.2) is 0 Å². The van der Waals surface area contributed by atoms with Crippen molar-refractivity contribution in [3.05, 3.63) is 57.0 Å². The van der Waals surface area contributed by atoms with E-state index in [4.69, 9.17) is 9.47 Å². The summed E-state index contributed by atoms with van der Waals surface area (Å²) in [5, 5.41) is 0. The van der Waals surface area contributed by atoms with Gasteiger partial charge in [-0.1, -0.05) is 34.1 Å². The van der Waals surface area contributed by atoms with Gasteiger partial charge in [0.1, 0.15) is 11.5 Å². The highest BCUT2D eigenvalue weighted by Gasteiger charge is 2.12. The van der Waals surface area contributed by atoms with Crippen molar-refractivity contribution in [2.45, 2.75) is 6.42 Å². The van der Waals surface area contributed by atoms with Gasteiger partial charge in [0, 0.05) is 10.0 Å². The molecule has 0 radical (unpaired) electrons. The molecule has 0 N–H and O–H groups in total. The van der Waals surface area contributed by atoms with E-state index in [0.29, 0.717) is 11.5 Å². The van der Waals surface area contributed by atoms with Gasteiger partial charge in [0.25, 0.3) is 0 Å². The Morgan fingerprint density at radius 3 is 2.55 bits per heavy atom. The van der Waals surface area contributed by atoms with Crippen molar-refractivity contribution in [2.24, 2.45) is 0 Å². The minimum absolute atomic E-state index is 0.159. The van der Waals surface area contributed by atoms with E-state index in [-0.39, 0.29) is 12.4 Å². The van der Waals surface area contributed by atoms with Crippen LogP contribution in [0.1, 0.15) is 5.56 Å². The van der Waals surface area contributed by atoms with Crippen LogP contribution in [0.5, 0.6) is 11.5 Å². The van der Waals surface area contributed by atoms with Crippen molar-refractivity contribution in [3.63, 3.8) is 0 Å². The smallest absolute Gasteiger partial charge is 0.315 e. The maximum absolute atomic E-state index is 12.0. The van der Waals surface area contributed by atoms with Crippen LogP contribution >= 0.6 is 31.9 Å². The number of halogens is 2. The van der Waals surface area contributed by atoms with Crippen LogP contribution in [-0.2, 0) is 11.2 Å². The highest BCUT2D eigenvalue weighted by atomic mass is 79.9. The lowest BCUT2D eigenvalue weighted by atomic mass is 10.1. The monoisotopic (exact) mass is 398 g/mol. The summed E-state index contributed by atoms with van der Waals surface area (Å²) in [6.45, 7) is 0. The third-order valence-corrected chi connectivity index (χ3v) is 3.76. The maximum atomic E-state index is 12.0. The molecule has 0 saturated carbocycles. The number of esters is 1. The van der Waals surface area contributed by atoms with Gasteiger partial charge in [0.05, 0.1) is 18.0 Å². The first-order valence-electron chi connectivity index (χ1n) is 5.88. The van der Waals surface area contributed by atoms with E-state index in [2.05, 4.69) is 31.9 Å². The van der Waals surface area contributed by atoms with Gasteiger partial charge in [-0.2, -0.15) is 0 Å². The normalized spacial score (nSPS) is 10.2. The topological polar surface area (TPSA) is 35.5 Å². The molecule has 2 aromatic carbocycles. The number of methoxy groups -OCH3 is 1. The van der Waals surface area contributed by atoms with Crippen LogP contribution in [0.2, 0.25) is 0 Å². The van der Waals surface area contributed by atoms with E-state index in [1.165, 1.54) is 0 Å². The average Bonchev–Trinajstić information content (AvgIpc) is 2.42. The molecule has 0 saturated heterocycles. The Morgan fingerprint density at radius 2 is 1.85 bits per heavy atom. The van der Waals surface area contributed by atoms with Crippen LogP contribution in [-0.4, -0.2) is 13.1 Å². The lowest BCUT2D eigenvalue weighted by Gasteiger charge is -2.09. The number of ether oxygens (including phenoxy) is 2. The fourth-order valence-corrected chi connectivity index (χ4v) is 2.85. The fourth-order valence-electron chi connectivity index (χ4n) is 1.72. The summed E-state index contributed by atoms with van der Waals surface area (Å²) in [4.78, 5) is 12.0. The number of hydrogen-bond acceptors (Lipinski definition) is 3. The van der Waals surface area contributed by atoms with E-state index in [0.717, 1.165) is 14.5 Å². The summed E-state index contributed by atoms with van der Waals surface area (Å²) in [6, 6.07) is 12.8. The van der Waals surface area contributed by atoms with E-state index in [9.17, 15) is 4.79 Å². The molecule has 0 heterocycles. The fraction of sp³-hybridized carbons (Fsp3) is 0.133. The second-order valence-electron chi connectivity index (χ2n) is 4.04.